The minimum absolute atomic E-state index is 0.0206. The number of nitro benzene ring substituents is 1. The molecule has 0 amide bonds. The lowest BCUT2D eigenvalue weighted by molar-refractivity contribution is -0.383. The number of hydrogen-bond donors (Lipinski definition) is 0. The summed E-state index contributed by atoms with van der Waals surface area (Å²) in [4.78, 5) is 15.3. The Balaban J connectivity index is 2.35. The van der Waals surface area contributed by atoms with E-state index in [9.17, 15) is 10.1 Å². The maximum atomic E-state index is 11.2. The van der Waals surface area contributed by atoms with Gasteiger partial charge in [-0.15, -0.1) is 0 Å². The lowest BCUT2D eigenvalue weighted by Crippen LogP contribution is -1.95. The van der Waals surface area contributed by atoms with E-state index in [0.29, 0.717) is 21.6 Å². The molecule has 2 aromatic carbocycles. The van der Waals surface area contributed by atoms with Gasteiger partial charge in [-0.25, -0.2) is 4.98 Å². The van der Waals surface area contributed by atoms with Crippen LogP contribution in [0, 0.1) is 17.0 Å². The van der Waals surface area contributed by atoms with Gasteiger partial charge in [0.1, 0.15) is 0 Å². The van der Waals surface area contributed by atoms with Crippen molar-refractivity contribution in [3.8, 4) is 11.3 Å². The van der Waals surface area contributed by atoms with Crippen LogP contribution in [0.25, 0.3) is 22.2 Å². The first kappa shape index (κ1) is 13.5. The van der Waals surface area contributed by atoms with E-state index in [1.54, 1.807) is 12.1 Å². The van der Waals surface area contributed by atoms with Gasteiger partial charge in [0.05, 0.1) is 26.5 Å². The van der Waals surface area contributed by atoms with Gasteiger partial charge in [-0.1, -0.05) is 48.0 Å². The van der Waals surface area contributed by atoms with Gasteiger partial charge in [0.2, 0.25) is 0 Å². The van der Waals surface area contributed by atoms with Crippen LogP contribution in [0.5, 0.6) is 0 Å². The zero-order chi connectivity index (χ0) is 15.0. The molecule has 21 heavy (non-hydrogen) atoms. The molecule has 0 bridgehead atoms. The molecular formula is C16H11ClN2O2. The molecule has 104 valence electrons. The molecule has 0 unspecified atom stereocenters. The first-order valence-corrected chi connectivity index (χ1v) is 6.75. The van der Waals surface area contributed by atoms with Crippen LogP contribution >= 0.6 is 11.6 Å². The molecule has 0 aliphatic rings. The van der Waals surface area contributed by atoms with Crippen LogP contribution in [0.3, 0.4) is 0 Å². The molecule has 0 aliphatic carbocycles. The largest absolute Gasteiger partial charge is 0.280 e. The number of fused-ring (bicyclic) bond motifs is 1. The number of nitrogens with zero attached hydrogens (tertiary/aromatic N) is 2. The monoisotopic (exact) mass is 298 g/mol. The third-order valence-electron chi connectivity index (χ3n) is 3.36. The topological polar surface area (TPSA) is 56.0 Å². The first-order valence-electron chi connectivity index (χ1n) is 6.37. The Kier molecular flexibility index (Phi) is 3.31. The van der Waals surface area contributed by atoms with E-state index in [2.05, 4.69) is 4.98 Å². The Bertz CT molecular complexity index is 848. The first-order chi connectivity index (χ1) is 10.1. The summed E-state index contributed by atoms with van der Waals surface area (Å²) in [6, 6.07) is 14.4. The number of halogens is 1. The molecule has 1 heterocycles. The Labute approximate surface area is 126 Å². The Morgan fingerprint density at radius 3 is 2.52 bits per heavy atom. The van der Waals surface area contributed by atoms with Crippen molar-refractivity contribution in [1.29, 1.82) is 0 Å². The summed E-state index contributed by atoms with van der Waals surface area (Å²) in [6.45, 7) is 1.87. The highest BCUT2D eigenvalue weighted by molar-refractivity contribution is 6.36. The second-order valence-electron chi connectivity index (χ2n) is 4.74. The van der Waals surface area contributed by atoms with Gasteiger partial charge in [-0.3, -0.25) is 10.1 Å². The molecule has 0 spiro atoms. The Hall–Kier alpha value is -2.46. The second-order valence-corrected chi connectivity index (χ2v) is 5.14. The standard InChI is InChI=1S/C16H11ClN2O2/c1-10-7-8-14(19(20)21)15-12(17)9-13(18-16(10)15)11-5-3-2-4-6-11/h2-9H,1H3. The average molecular weight is 299 g/mol. The number of benzene rings is 2. The van der Waals surface area contributed by atoms with Gasteiger partial charge in [0.25, 0.3) is 5.69 Å². The predicted molar refractivity (Wildman–Crippen MR) is 83.6 cm³/mol. The molecule has 3 rings (SSSR count). The van der Waals surface area contributed by atoms with Gasteiger partial charge >= 0.3 is 0 Å². The number of non-ortho nitro benzene ring substituents is 1. The highest BCUT2D eigenvalue weighted by atomic mass is 35.5. The predicted octanol–water partition coefficient (Wildman–Crippen LogP) is 4.77. The lowest BCUT2D eigenvalue weighted by atomic mass is 10.1. The van der Waals surface area contributed by atoms with Crippen molar-refractivity contribution >= 4 is 28.2 Å². The highest BCUT2D eigenvalue weighted by Crippen LogP contribution is 2.35. The van der Waals surface area contributed by atoms with E-state index in [-0.39, 0.29) is 5.69 Å². The maximum Gasteiger partial charge on any atom is 0.280 e. The lowest BCUT2D eigenvalue weighted by Gasteiger charge is -2.08. The fourth-order valence-electron chi connectivity index (χ4n) is 2.32. The van der Waals surface area contributed by atoms with Gasteiger partial charge in [-0.05, 0) is 18.6 Å². The van der Waals surface area contributed by atoms with Gasteiger partial charge in [-0.2, -0.15) is 0 Å². The van der Waals surface area contributed by atoms with E-state index in [0.717, 1.165) is 11.1 Å². The molecule has 0 saturated heterocycles. The summed E-state index contributed by atoms with van der Waals surface area (Å²) in [5.74, 6) is 0. The van der Waals surface area contributed by atoms with Crippen LogP contribution in [0.15, 0.2) is 48.5 Å². The van der Waals surface area contributed by atoms with Crippen molar-refractivity contribution in [2.24, 2.45) is 0 Å². The number of hydrogen-bond acceptors (Lipinski definition) is 3. The molecule has 0 atom stereocenters. The average Bonchev–Trinajstić information content (AvgIpc) is 2.48. The maximum absolute atomic E-state index is 11.2. The van der Waals surface area contributed by atoms with Crippen molar-refractivity contribution in [2.75, 3.05) is 0 Å². The fourth-order valence-corrected chi connectivity index (χ4v) is 2.61. The second kappa shape index (κ2) is 5.14. The minimum Gasteiger partial charge on any atom is -0.258 e. The van der Waals surface area contributed by atoms with Crippen molar-refractivity contribution < 1.29 is 4.92 Å². The minimum atomic E-state index is -0.433. The SMILES string of the molecule is Cc1ccc([N+](=O)[O-])c2c(Cl)cc(-c3ccccc3)nc12. The van der Waals surface area contributed by atoms with Crippen LogP contribution in [0.4, 0.5) is 5.69 Å². The number of rotatable bonds is 2. The molecule has 4 nitrogen and oxygen atoms in total. The number of pyridine rings is 1. The van der Waals surface area contributed by atoms with E-state index in [1.165, 1.54) is 6.07 Å². The molecule has 0 aliphatic heterocycles. The molecule has 0 fully saturated rings. The Morgan fingerprint density at radius 1 is 1.14 bits per heavy atom. The van der Waals surface area contributed by atoms with E-state index < -0.39 is 4.92 Å². The third-order valence-corrected chi connectivity index (χ3v) is 3.66. The molecule has 0 radical (unpaired) electrons. The summed E-state index contributed by atoms with van der Waals surface area (Å²) in [7, 11) is 0. The highest BCUT2D eigenvalue weighted by Gasteiger charge is 2.18. The van der Waals surface area contributed by atoms with Crippen molar-refractivity contribution in [1.82, 2.24) is 4.98 Å². The van der Waals surface area contributed by atoms with Gasteiger partial charge in [0.15, 0.2) is 0 Å². The molecule has 3 aromatic rings. The molecule has 0 saturated carbocycles. The summed E-state index contributed by atoms with van der Waals surface area (Å²) < 4.78 is 0. The quantitative estimate of drug-likeness (QED) is 0.505. The third kappa shape index (κ3) is 2.34. The van der Waals surface area contributed by atoms with Crippen molar-refractivity contribution in [3.05, 3.63) is 69.2 Å². The summed E-state index contributed by atoms with van der Waals surface area (Å²) in [6.07, 6.45) is 0. The molecule has 5 heteroatoms. The summed E-state index contributed by atoms with van der Waals surface area (Å²) >= 11 is 6.29. The summed E-state index contributed by atoms with van der Waals surface area (Å²) in [5.41, 5.74) is 3.03. The van der Waals surface area contributed by atoms with Gasteiger partial charge in [0, 0.05) is 11.6 Å². The zero-order valence-electron chi connectivity index (χ0n) is 11.2. The normalized spacial score (nSPS) is 10.8. The molecular weight excluding hydrogens is 288 g/mol. The van der Waals surface area contributed by atoms with Crippen LogP contribution in [-0.4, -0.2) is 9.91 Å². The van der Waals surface area contributed by atoms with E-state index in [1.807, 2.05) is 37.3 Å². The molecule has 0 N–H and O–H groups in total. The van der Waals surface area contributed by atoms with Crippen LogP contribution in [0.1, 0.15) is 5.56 Å². The van der Waals surface area contributed by atoms with Gasteiger partial charge < -0.3 is 0 Å². The van der Waals surface area contributed by atoms with Crippen molar-refractivity contribution in [2.45, 2.75) is 6.92 Å². The van der Waals surface area contributed by atoms with Crippen molar-refractivity contribution in [3.63, 3.8) is 0 Å². The fraction of sp³-hybridized carbons (Fsp3) is 0.0625. The van der Waals surface area contributed by atoms with Crippen LogP contribution in [0.2, 0.25) is 5.02 Å². The van der Waals surface area contributed by atoms with Crippen LogP contribution < -0.4 is 0 Å². The van der Waals surface area contributed by atoms with E-state index >= 15 is 0 Å². The van der Waals surface area contributed by atoms with E-state index in [4.69, 9.17) is 11.6 Å². The smallest absolute Gasteiger partial charge is 0.258 e. The number of aromatic nitrogens is 1. The Morgan fingerprint density at radius 2 is 1.86 bits per heavy atom. The zero-order valence-corrected chi connectivity index (χ0v) is 12.0. The number of aryl methyl sites for hydroxylation is 1. The number of nitro groups is 1. The van der Waals surface area contributed by atoms with Crippen LogP contribution in [-0.2, 0) is 0 Å². The molecule has 1 aromatic heterocycles. The summed E-state index contributed by atoms with van der Waals surface area (Å²) in [5, 5.41) is 11.9.